The Labute approximate surface area is 129 Å². The zero-order chi connectivity index (χ0) is 15.1. The molecule has 0 spiro atoms. The van der Waals surface area contributed by atoms with Gasteiger partial charge in [-0.2, -0.15) is 0 Å². The first-order valence-electron chi connectivity index (χ1n) is 7.88. The van der Waals surface area contributed by atoms with E-state index in [9.17, 15) is 9.59 Å². The lowest BCUT2D eigenvalue weighted by Crippen LogP contribution is -2.56. The van der Waals surface area contributed by atoms with E-state index in [0.29, 0.717) is 26.2 Å². The maximum Gasteiger partial charge on any atom is 0.317 e. The van der Waals surface area contributed by atoms with Gasteiger partial charge >= 0.3 is 6.03 Å². The SMILES string of the molecule is O=C([C@@H]1NCCc2ccccc21)N1CCN2C(=O)NC[C@H]2C1. The van der Waals surface area contributed by atoms with Crippen LogP contribution < -0.4 is 10.6 Å². The standard InChI is InChI=1S/C16H20N4O2/c21-15(14-13-4-2-1-3-11(13)5-6-17-14)19-7-8-20-12(10-19)9-18-16(20)22/h1-4,12,14,17H,5-10H2,(H,18,22)/t12-,14+/m0/s1. The number of carbonyl (C=O) groups excluding carboxylic acids is 2. The molecule has 0 aliphatic carbocycles. The quantitative estimate of drug-likeness (QED) is 0.774. The van der Waals surface area contributed by atoms with Crippen LogP contribution in [0.1, 0.15) is 17.2 Å². The minimum atomic E-state index is -0.249. The Hall–Kier alpha value is -2.08. The monoisotopic (exact) mass is 300 g/mol. The van der Waals surface area contributed by atoms with E-state index in [-0.39, 0.29) is 24.0 Å². The van der Waals surface area contributed by atoms with Crippen molar-refractivity contribution in [1.29, 1.82) is 0 Å². The topological polar surface area (TPSA) is 64.7 Å². The minimum Gasteiger partial charge on any atom is -0.337 e. The Morgan fingerprint density at radius 3 is 3.00 bits per heavy atom. The van der Waals surface area contributed by atoms with Gasteiger partial charge in [-0.25, -0.2) is 4.79 Å². The van der Waals surface area contributed by atoms with Crippen molar-refractivity contribution in [3.8, 4) is 0 Å². The van der Waals surface area contributed by atoms with Gasteiger partial charge in [0.05, 0.1) is 6.04 Å². The Morgan fingerprint density at radius 2 is 2.09 bits per heavy atom. The first kappa shape index (κ1) is 13.6. The highest BCUT2D eigenvalue weighted by Crippen LogP contribution is 2.25. The van der Waals surface area contributed by atoms with E-state index in [1.54, 1.807) is 0 Å². The number of rotatable bonds is 1. The molecule has 22 heavy (non-hydrogen) atoms. The molecule has 0 unspecified atom stereocenters. The van der Waals surface area contributed by atoms with E-state index in [4.69, 9.17) is 0 Å². The van der Waals surface area contributed by atoms with Gasteiger partial charge in [0.1, 0.15) is 6.04 Å². The second kappa shape index (κ2) is 5.28. The van der Waals surface area contributed by atoms with Gasteiger partial charge < -0.3 is 20.4 Å². The molecule has 1 aromatic rings. The van der Waals surface area contributed by atoms with Gasteiger partial charge in [-0.3, -0.25) is 4.79 Å². The van der Waals surface area contributed by atoms with Gasteiger partial charge in [0.15, 0.2) is 0 Å². The first-order chi connectivity index (χ1) is 10.7. The number of fused-ring (bicyclic) bond motifs is 2. The summed E-state index contributed by atoms with van der Waals surface area (Å²) >= 11 is 0. The van der Waals surface area contributed by atoms with E-state index >= 15 is 0 Å². The van der Waals surface area contributed by atoms with Crippen LogP contribution in [0.2, 0.25) is 0 Å². The normalized spacial score (nSPS) is 27.2. The van der Waals surface area contributed by atoms with E-state index in [1.165, 1.54) is 5.56 Å². The van der Waals surface area contributed by atoms with Gasteiger partial charge in [-0.15, -0.1) is 0 Å². The fraction of sp³-hybridized carbons (Fsp3) is 0.500. The summed E-state index contributed by atoms with van der Waals surface area (Å²) in [4.78, 5) is 28.3. The molecule has 4 rings (SSSR count). The number of nitrogens with one attached hydrogen (secondary N) is 2. The van der Waals surface area contributed by atoms with Crippen molar-refractivity contribution < 1.29 is 9.59 Å². The molecule has 0 bridgehead atoms. The third kappa shape index (κ3) is 2.14. The molecule has 3 amide bonds. The number of hydrogen-bond acceptors (Lipinski definition) is 3. The number of benzene rings is 1. The smallest absolute Gasteiger partial charge is 0.317 e. The molecule has 3 aliphatic heterocycles. The van der Waals surface area contributed by atoms with Crippen molar-refractivity contribution in [2.24, 2.45) is 0 Å². The highest BCUT2D eigenvalue weighted by atomic mass is 16.2. The number of carbonyl (C=O) groups is 2. The second-order valence-corrected chi connectivity index (χ2v) is 6.15. The summed E-state index contributed by atoms with van der Waals surface area (Å²) in [7, 11) is 0. The van der Waals surface area contributed by atoms with Crippen molar-refractivity contribution >= 4 is 11.9 Å². The fourth-order valence-corrected chi connectivity index (χ4v) is 3.71. The largest absolute Gasteiger partial charge is 0.337 e. The van der Waals surface area contributed by atoms with Crippen LogP contribution in [0.15, 0.2) is 24.3 Å². The van der Waals surface area contributed by atoms with Crippen molar-refractivity contribution in [2.45, 2.75) is 18.5 Å². The minimum absolute atomic E-state index is 0.00163. The summed E-state index contributed by atoms with van der Waals surface area (Å²) in [6.45, 7) is 3.33. The average Bonchev–Trinajstić information content (AvgIpc) is 2.94. The maximum atomic E-state index is 12.9. The lowest BCUT2D eigenvalue weighted by atomic mass is 9.93. The number of nitrogens with zero attached hydrogens (tertiary/aromatic N) is 2. The van der Waals surface area contributed by atoms with Crippen LogP contribution in [0, 0.1) is 0 Å². The molecule has 2 N–H and O–H groups in total. The molecule has 2 saturated heterocycles. The summed E-state index contributed by atoms with van der Waals surface area (Å²) in [6, 6.07) is 8.03. The van der Waals surface area contributed by atoms with Crippen LogP contribution >= 0.6 is 0 Å². The molecule has 2 fully saturated rings. The molecule has 6 nitrogen and oxygen atoms in total. The molecule has 0 radical (unpaired) electrons. The van der Waals surface area contributed by atoms with Gasteiger partial charge in [0.2, 0.25) is 5.91 Å². The molecular weight excluding hydrogens is 280 g/mol. The molecule has 0 saturated carbocycles. The summed E-state index contributed by atoms with van der Waals surface area (Å²) in [5.41, 5.74) is 2.36. The van der Waals surface area contributed by atoms with E-state index in [0.717, 1.165) is 18.5 Å². The maximum absolute atomic E-state index is 12.9. The number of urea groups is 1. The van der Waals surface area contributed by atoms with Crippen molar-refractivity contribution in [3.05, 3.63) is 35.4 Å². The lowest BCUT2D eigenvalue weighted by Gasteiger charge is -2.39. The molecule has 0 aromatic heterocycles. The number of amides is 3. The second-order valence-electron chi connectivity index (χ2n) is 6.15. The van der Waals surface area contributed by atoms with Crippen LogP contribution in [0.5, 0.6) is 0 Å². The van der Waals surface area contributed by atoms with Crippen LogP contribution in [0.4, 0.5) is 4.79 Å². The van der Waals surface area contributed by atoms with Gasteiger partial charge in [-0.1, -0.05) is 24.3 Å². The Bertz CT molecular complexity index is 618. The van der Waals surface area contributed by atoms with Crippen LogP contribution in [-0.4, -0.2) is 60.5 Å². The molecule has 6 heteroatoms. The van der Waals surface area contributed by atoms with Crippen molar-refractivity contribution in [3.63, 3.8) is 0 Å². The summed E-state index contributed by atoms with van der Waals surface area (Å²) < 4.78 is 0. The first-order valence-corrected chi connectivity index (χ1v) is 7.88. The highest BCUT2D eigenvalue weighted by Gasteiger charge is 2.39. The molecule has 116 valence electrons. The van der Waals surface area contributed by atoms with Gasteiger partial charge in [0, 0.05) is 32.7 Å². The number of hydrogen-bond donors (Lipinski definition) is 2. The van der Waals surface area contributed by atoms with Crippen molar-refractivity contribution in [2.75, 3.05) is 32.7 Å². The fourth-order valence-electron chi connectivity index (χ4n) is 3.71. The molecule has 2 atom stereocenters. The molecule has 3 heterocycles. The lowest BCUT2D eigenvalue weighted by molar-refractivity contribution is -0.136. The Kier molecular flexibility index (Phi) is 3.26. The van der Waals surface area contributed by atoms with Crippen LogP contribution in [0.3, 0.4) is 0 Å². The predicted octanol–water partition coefficient (Wildman–Crippen LogP) is 0.109. The third-order valence-corrected chi connectivity index (χ3v) is 4.90. The zero-order valence-corrected chi connectivity index (χ0v) is 12.4. The van der Waals surface area contributed by atoms with Gasteiger partial charge in [-0.05, 0) is 17.5 Å². The van der Waals surface area contributed by atoms with Crippen molar-refractivity contribution in [1.82, 2.24) is 20.4 Å². The van der Waals surface area contributed by atoms with Crippen LogP contribution in [-0.2, 0) is 11.2 Å². The van der Waals surface area contributed by atoms with Gasteiger partial charge in [0.25, 0.3) is 0 Å². The van der Waals surface area contributed by atoms with E-state index in [2.05, 4.69) is 16.7 Å². The Morgan fingerprint density at radius 1 is 1.23 bits per heavy atom. The summed E-state index contributed by atoms with van der Waals surface area (Å²) in [5.74, 6) is 0.131. The average molecular weight is 300 g/mol. The highest BCUT2D eigenvalue weighted by molar-refractivity contribution is 5.85. The third-order valence-electron chi connectivity index (χ3n) is 4.90. The number of piperazine rings is 1. The van der Waals surface area contributed by atoms with E-state index < -0.39 is 0 Å². The van der Waals surface area contributed by atoms with Crippen LogP contribution in [0.25, 0.3) is 0 Å². The molecule has 3 aliphatic rings. The summed E-state index contributed by atoms with van der Waals surface area (Å²) in [5, 5.41) is 6.20. The Balaban J connectivity index is 1.52. The molecular formula is C16H20N4O2. The predicted molar refractivity (Wildman–Crippen MR) is 81.4 cm³/mol. The molecule has 1 aromatic carbocycles. The summed E-state index contributed by atoms with van der Waals surface area (Å²) in [6.07, 6.45) is 0.967. The van der Waals surface area contributed by atoms with E-state index in [1.807, 2.05) is 28.0 Å². The zero-order valence-electron chi connectivity index (χ0n) is 12.4.